The average molecular weight is 373 g/mol. The van der Waals surface area contributed by atoms with Crippen molar-refractivity contribution in [2.24, 2.45) is 0 Å². The molecular formula is C20H23NO4S. The summed E-state index contributed by atoms with van der Waals surface area (Å²) in [7, 11) is -3.37. The van der Waals surface area contributed by atoms with Gasteiger partial charge in [-0.2, -0.15) is 0 Å². The van der Waals surface area contributed by atoms with E-state index >= 15 is 0 Å². The molecule has 1 N–H and O–H groups in total. The van der Waals surface area contributed by atoms with Gasteiger partial charge in [-0.25, -0.2) is 13.1 Å². The Balaban J connectivity index is 1.50. The molecule has 5 nitrogen and oxygen atoms in total. The summed E-state index contributed by atoms with van der Waals surface area (Å²) < 4.78 is 39.4. The predicted molar refractivity (Wildman–Crippen MR) is 100 cm³/mol. The molecule has 0 spiro atoms. The third kappa shape index (κ3) is 3.86. The molecular weight excluding hydrogens is 350 g/mol. The van der Waals surface area contributed by atoms with Crippen LogP contribution in [0.1, 0.15) is 35.6 Å². The van der Waals surface area contributed by atoms with E-state index in [4.69, 9.17) is 9.47 Å². The van der Waals surface area contributed by atoms with Crippen molar-refractivity contribution >= 4 is 10.0 Å². The Kier molecular flexibility index (Phi) is 4.87. The van der Waals surface area contributed by atoms with Crippen LogP contribution in [0.2, 0.25) is 0 Å². The SMILES string of the molecule is O=S(=O)(CCc1ccccc1)NC1CCCc2cc3c(cc21)OCCO3. The Morgan fingerprint density at radius 2 is 1.77 bits per heavy atom. The highest BCUT2D eigenvalue weighted by atomic mass is 32.2. The summed E-state index contributed by atoms with van der Waals surface area (Å²) >= 11 is 0. The number of hydrogen-bond acceptors (Lipinski definition) is 4. The number of nitrogens with one attached hydrogen (secondary N) is 1. The molecule has 138 valence electrons. The first-order valence-corrected chi connectivity index (χ1v) is 10.7. The second kappa shape index (κ2) is 7.29. The van der Waals surface area contributed by atoms with Gasteiger partial charge in [-0.3, -0.25) is 0 Å². The number of benzene rings is 2. The lowest BCUT2D eigenvalue weighted by Crippen LogP contribution is -2.33. The monoisotopic (exact) mass is 373 g/mol. The highest BCUT2D eigenvalue weighted by Crippen LogP contribution is 2.39. The molecule has 26 heavy (non-hydrogen) atoms. The van der Waals surface area contributed by atoms with Crippen LogP contribution in [-0.4, -0.2) is 27.4 Å². The van der Waals surface area contributed by atoms with E-state index in [0.717, 1.165) is 41.7 Å². The van der Waals surface area contributed by atoms with Crippen LogP contribution in [0.25, 0.3) is 0 Å². The van der Waals surface area contributed by atoms with Gasteiger partial charge in [0.15, 0.2) is 11.5 Å². The molecule has 2 aromatic carbocycles. The Morgan fingerprint density at radius 1 is 1.04 bits per heavy atom. The van der Waals surface area contributed by atoms with Crippen LogP contribution in [-0.2, 0) is 22.9 Å². The summed E-state index contributed by atoms with van der Waals surface area (Å²) in [6, 6.07) is 13.5. The third-order valence-electron chi connectivity index (χ3n) is 4.94. The molecule has 6 heteroatoms. The largest absolute Gasteiger partial charge is 0.486 e. The number of ether oxygens (including phenoxy) is 2. The lowest BCUT2D eigenvalue weighted by Gasteiger charge is -2.29. The maximum absolute atomic E-state index is 12.6. The van der Waals surface area contributed by atoms with E-state index in [1.54, 1.807) is 0 Å². The smallest absolute Gasteiger partial charge is 0.212 e. The minimum absolute atomic E-state index is 0.0907. The van der Waals surface area contributed by atoms with Crippen LogP contribution >= 0.6 is 0 Å². The molecule has 0 fully saturated rings. The summed E-state index contributed by atoms with van der Waals surface area (Å²) in [5.74, 6) is 1.57. The lowest BCUT2D eigenvalue weighted by molar-refractivity contribution is 0.171. The van der Waals surface area contributed by atoms with Gasteiger partial charge < -0.3 is 9.47 Å². The molecule has 2 aromatic rings. The Morgan fingerprint density at radius 3 is 2.54 bits per heavy atom. The van der Waals surface area contributed by atoms with Crippen LogP contribution < -0.4 is 14.2 Å². The van der Waals surface area contributed by atoms with Crippen molar-refractivity contribution in [2.45, 2.75) is 31.7 Å². The van der Waals surface area contributed by atoms with E-state index in [1.807, 2.05) is 42.5 Å². The minimum Gasteiger partial charge on any atom is -0.486 e. The summed E-state index contributed by atoms with van der Waals surface area (Å²) in [6.45, 7) is 1.08. The molecule has 0 amide bonds. The third-order valence-corrected chi connectivity index (χ3v) is 6.33. The minimum atomic E-state index is -3.37. The van der Waals surface area contributed by atoms with Gasteiger partial charge in [0.2, 0.25) is 10.0 Å². The number of hydrogen-bond donors (Lipinski definition) is 1. The molecule has 0 saturated carbocycles. The van der Waals surface area contributed by atoms with E-state index in [1.165, 1.54) is 0 Å². The van der Waals surface area contributed by atoms with E-state index in [-0.39, 0.29) is 11.8 Å². The maximum Gasteiger partial charge on any atom is 0.212 e. The van der Waals surface area contributed by atoms with Gasteiger partial charge in [-0.1, -0.05) is 30.3 Å². The zero-order valence-corrected chi connectivity index (χ0v) is 15.4. The highest BCUT2D eigenvalue weighted by Gasteiger charge is 2.27. The van der Waals surface area contributed by atoms with Gasteiger partial charge >= 0.3 is 0 Å². The summed E-state index contributed by atoms with van der Waals surface area (Å²) in [6.07, 6.45) is 3.21. The van der Waals surface area contributed by atoms with Gasteiger partial charge in [0.05, 0.1) is 5.75 Å². The standard InChI is InChI=1S/C20H23NO4S/c22-26(23,12-9-15-5-2-1-3-6-15)21-18-8-4-7-16-13-19-20(14-17(16)18)25-11-10-24-19/h1-3,5-6,13-14,18,21H,4,7-12H2. The van der Waals surface area contributed by atoms with Crippen LogP contribution in [0.15, 0.2) is 42.5 Å². The van der Waals surface area contributed by atoms with Crippen molar-refractivity contribution in [3.05, 3.63) is 59.2 Å². The molecule has 1 aliphatic carbocycles. The first-order valence-electron chi connectivity index (χ1n) is 9.07. The first-order chi connectivity index (χ1) is 12.6. The van der Waals surface area contributed by atoms with Crippen molar-refractivity contribution in [1.82, 2.24) is 4.72 Å². The average Bonchev–Trinajstić information content (AvgIpc) is 2.66. The van der Waals surface area contributed by atoms with E-state index < -0.39 is 10.0 Å². The number of fused-ring (bicyclic) bond motifs is 2. The Bertz CT molecular complexity index is 880. The number of rotatable bonds is 5. The molecule has 4 rings (SSSR count). The van der Waals surface area contributed by atoms with E-state index in [2.05, 4.69) is 4.72 Å². The van der Waals surface area contributed by atoms with E-state index in [0.29, 0.717) is 25.4 Å². The molecule has 0 radical (unpaired) electrons. The van der Waals surface area contributed by atoms with Crippen LogP contribution in [0, 0.1) is 0 Å². The molecule has 1 heterocycles. The van der Waals surface area contributed by atoms with Gasteiger partial charge in [0.1, 0.15) is 13.2 Å². The van der Waals surface area contributed by atoms with Crippen molar-refractivity contribution in [3.63, 3.8) is 0 Å². The second-order valence-electron chi connectivity index (χ2n) is 6.81. The number of sulfonamides is 1. The van der Waals surface area contributed by atoms with Gasteiger partial charge in [-0.05, 0) is 54.5 Å². The molecule has 2 aliphatic rings. The van der Waals surface area contributed by atoms with Crippen molar-refractivity contribution in [2.75, 3.05) is 19.0 Å². The zero-order chi connectivity index (χ0) is 18.0. The fourth-order valence-corrected chi connectivity index (χ4v) is 4.94. The second-order valence-corrected chi connectivity index (χ2v) is 8.69. The van der Waals surface area contributed by atoms with Gasteiger partial charge in [0, 0.05) is 6.04 Å². The van der Waals surface area contributed by atoms with Crippen molar-refractivity contribution < 1.29 is 17.9 Å². The maximum atomic E-state index is 12.6. The molecule has 0 bridgehead atoms. The first kappa shape index (κ1) is 17.4. The topological polar surface area (TPSA) is 64.6 Å². The Labute approximate surface area is 154 Å². The fourth-order valence-electron chi connectivity index (χ4n) is 3.63. The van der Waals surface area contributed by atoms with Crippen molar-refractivity contribution in [3.8, 4) is 11.5 Å². The summed E-state index contributed by atoms with van der Waals surface area (Å²) in [5, 5.41) is 0. The molecule has 1 aliphatic heterocycles. The summed E-state index contributed by atoms with van der Waals surface area (Å²) in [5.41, 5.74) is 3.20. The molecule has 0 aromatic heterocycles. The van der Waals surface area contributed by atoms with Crippen LogP contribution in [0.3, 0.4) is 0 Å². The van der Waals surface area contributed by atoms with Crippen LogP contribution in [0.4, 0.5) is 0 Å². The van der Waals surface area contributed by atoms with Gasteiger partial charge in [-0.15, -0.1) is 0 Å². The Hall–Kier alpha value is -2.05. The number of aryl methyl sites for hydroxylation is 2. The molecule has 0 saturated heterocycles. The summed E-state index contributed by atoms with van der Waals surface area (Å²) in [4.78, 5) is 0. The quantitative estimate of drug-likeness (QED) is 0.875. The zero-order valence-electron chi connectivity index (χ0n) is 14.6. The van der Waals surface area contributed by atoms with Crippen molar-refractivity contribution in [1.29, 1.82) is 0 Å². The van der Waals surface area contributed by atoms with Gasteiger partial charge in [0.25, 0.3) is 0 Å². The lowest BCUT2D eigenvalue weighted by atomic mass is 9.88. The fraction of sp³-hybridized carbons (Fsp3) is 0.400. The van der Waals surface area contributed by atoms with Crippen LogP contribution in [0.5, 0.6) is 11.5 Å². The molecule has 1 atom stereocenters. The van der Waals surface area contributed by atoms with E-state index in [9.17, 15) is 8.42 Å². The highest BCUT2D eigenvalue weighted by molar-refractivity contribution is 7.89. The predicted octanol–water partition coefficient (Wildman–Crippen LogP) is 3.00. The molecule has 1 unspecified atom stereocenters. The normalized spacial score (nSPS) is 19.0.